The van der Waals surface area contributed by atoms with Gasteiger partial charge in [-0.1, -0.05) is 56.7 Å². The molecular formula is C25H29F3N4O. The molecule has 1 heterocycles. The Labute approximate surface area is 192 Å². The number of nitrogens with zero attached hydrogens (tertiary/aromatic N) is 2. The SMILES string of the molecule is CCCc1ccc(Nc2ncc(C(F)(F)F)c(NC(CCO)c3ccccc3)n2)cc1CC. The van der Waals surface area contributed by atoms with Crippen molar-refractivity contribution in [1.82, 2.24) is 9.97 Å². The Morgan fingerprint density at radius 2 is 1.79 bits per heavy atom. The predicted molar refractivity (Wildman–Crippen MR) is 125 cm³/mol. The van der Waals surface area contributed by atoms with E-state index in [1.807, 2.05) is 24.3 Å². The van der Waals surface area contributed by atoms with E-state index >= 15 is 0 Å². The fourth-order valence-electron chi connectivity index (χ4n) is 3.74. The molecule has 1 unspecified atom stereocenters. The highest BCUT2D eigenvalue weighted by Crippen LogP contribution is 2.36. The average molecular weight is 459 g/mol. The number of alkyl halides is 3. The molecule has 0 spiro atoms. The van der Waals surface area contributed by atoms with Crippen LogP contribution >= 0.6 is 0 Å². The van der Waals surface area contributed by atoms with E-state index in [0.29, 0.717) is 5.69 Å². The van der Waals surface area contributed by atoms with Crippen molar-refractivity contribution in [3.63, 3.8) is 0 Å². The summed E-state index contributed by atoms with van der Waals surface area (Å²) in [5.41, 5.74) is 2.95. The van der Waals surface area contributed by atoms with Crippen LogP contribution in [0.15, 0.2) is 54.7 Å². The van der Waals surface area contributed by atoms with Crippen LogP contribution in [0.25, 0.3) is 0 Å². The van der Waals surface area contributed by atoms with Gasteiger partial charge in [-0.2, -0.15) is 18.2 Å². The number of anilines is 3. The zero-order chi connectivity index (χ0) is 23.8. The second-order valence-electron chi connectivity index (χ2n) is 7.79. The van der Waals surface area contributed by atoms with Crippen LogP contribution in [0.2, 0.25) is 0 Å². The number of aryl methyl sites for hydroxylation is 2. The summed E-state index contributed by atoms with van der Waals surface area (Å²) in [6.07, 6.45) is -0.755. The molecule has 0 fully saturated rings. The number of halogens is 3. The molecule has 0 amide bonds. The standard InChI is InChI=1S/C25H29F3N4O/c1-3-8-18-11-12-20(15-17(18)4-2)30-24-29-16-21(25(26,27)28)23(32-24)31-22(13-14-33)19-9-6-5-7-10-19/h5-7,9-12,15-16,22,33H,3-4,8,13-14H2,1-2H3,(H2,29,30,31,32). The van der Waals surface area contributed by atoms with Gasteiger partial charge < -0.3 is 15.7 Å². The van der Waals surface area contributed by atoms with E-state index in [2.05, 4.69) is 34.4 Å². The van der Waals surface area contributed by atoms with Crippen molar-refractivity contribution < 1.29 is 18.3 Å². The molecule has 5 nitrogen and oxygen atoms in total. The lowest BCUT2D eigenvalue weighted by Gasteiger charge is -2.22. The molecule has 1 aromatic heterocycles. The van der Waals surface area contributed by atoms with E-state index in [4.69, 9.17) is 0 Å². The molecule has 176 valence electrons. The largest absolute Gasteiger partial charge is 0.421 e. The van der Waals surface area contributed by atoms with Gasteiger partial charge in [0.05, 0.1) is 6.04 Å². The molecule has 0 saturated carbocycles. The second kappa shape index (κ2) is 11.1. The van der Waals surface area contributed by atoms with Crippen LogP contribution in [0.1, 0.15) is 55.0 Å². The Bertz CT molecular complexity index is 1040. The number of aromatic nitrogens is 2. The zero-order valence-electron chi connectivity index (χ0n) is 18.8. The number of aliphatic hydroxyl groups is 1. The Hall–Kier alpha value is -3.13. The van der Waals surface area contributed by atoms with Crippen LogP contribution < -0.4 is 10.6 Å². The normalized spacial score (nSPS) is 12.4. The third kappa shape index (κ3) is 6.44. The first-order valence-electron chi connectivity index (χ1n) is 11.1. The summed E-state index contributed by atoms with van der Waals surface area (Å²) in [7, 11) is 0. The Kier molecular flexibility index (Phi) is 8.27. The molecule has 0 radical (unpaired) electrons. The van der Waals surface area contributed by atoms with Crippen molar-refractivity contribution in [2.45, 2.75) is 51.7 Å². The van der Waals surface area contributed by atoms with Gasteiger partial charge >= 0.3 is 6.18 Å². The van der Waals surface area contributed by atoms with E-state index in [1.165, 1.54) is 11.1 Å². The van der Waals surface area contributed by atoms with E-state index in [0.717, 1.165) is 31.0 Å². The van der Waals surface area contributed by atoms with Gasteiger partial charge in [0.15, 0.2) is 0 Å². The number of nitrogens with one attached hydrogen (secondary N) is 2. The lowest BCUT2D eigenvalue weighted by Crippen LogP contribution is -2.19. The minimum absolute atomic E-state index is 0.0617. The predicted octanol–water partition coefficient (Wildman–Crippen LogP) is 6.29. The molecule has 8 heteroatoms. The zero-order valence-corrected chi connectivity index (χ0v) is 18.8. The van der Waals surface area contributed by atoms with Crippen molar-refractivity contribution >= 4 is 17.5 Å². The highest BCUT2D eigenvalue weighted by Gasteiger charge is 2.36. The maximum absolute atomic E-state index is 13.7. The first-order valence-corrected chi connectivity index (χ1v) is 11.1. The van der Waals surface area contributed by atoms with Gasteiger partial charge in [0.1, 0.15) is 11.4 Å². The van der Waals surface area contributed by atoms with E-state index < -0.39 is 17.8 Å². The first-order chi connectivity index (χ1) is 15.9. The summed E-state index contributed by atoms with van der Waals surface area (Å²) < 4.78 is 41.0. The average Bonchev–Trinajstić information content (AvgIpc) is 2.80. The van der Waals surface area contributed by atoms with Crippen molar-refractivity contribution in [2.75, 3.05) is 17.2 Å². The Balaban J connectivity index is 1.93. The van der Waals surface area contributed by atoms with Crippen LogP contribution in [0.3, 0.4) is 0 Å². The Morgan fingerprint density at radius 3 is 2.42 bits per heavy atom. The second-order valence-corrected chi connectivity index (χ2v) is 7.79. The molecule has 3 aromatic rings. The van der Waals surface area contributed by atoms with Gasteiger partial charge in [0.25, 0.3) is 0 Å². The number of rotatable bonds is 10. The van der Waals surface area contributed by atoms with Crippen LogP contribution in [0.5, 0.6) is 0 Å². The quantitative estimate of drug-likeness (QED) is 0.333. The monoisotopic (exact) mass is 458 g/mol. The maximum Gasteiger partial charge on any atom is 0.421 e. The summed E-state index contributed by atoms with van der Waals surface area (Å²) in [5, 5.41) is 15.4. The number of hydrogen-bond donors (Lipinski definition) is 3. The smallest absolute Gasteiger partial charge is 0.396 e. The molecule has 0 saturated heterocycles. The van der Waals surface area contributed by atoms with Gasteiger partial charge in [0.2, 0.25) is 5.95 Å². The van der Waals surface area contributed by atoms with Crippen molar-refractivity contribution in [3.05, 3.63) is 77.0 Å². The van der Waals surface area contributed by atoms with Crippen LogP contribution in [-0.2, 0) is 19.0 Å². The molecular weight excluding hydrogens is 429 g/mol. The van der Waals surface area contributed by atoms with Crippen LogP contribution in [-0.4, -0.2) is 21.7 Å². The lowest BCUT2D eigenvalue weighted by molar-refractivity contribution is -0.137. The number of aliphatic hydroxyl groups excluding tert-OH is 1. The lowest BCUT2D eigenvalue weighted by atomic mass is 10.0. The summed E-state index contributed by atoms with van der Waals surface area (Å²) in [4.78, 5) is 8.07. The minimum atomic E-state index is -4.63. The molecule has 3 rings (SSSR count). The van der Waals surface area contributed by atoms with E-state index in [-0.39, 0.29) is 24.8 Å². The summed E-state index contributed by atoms with van der Waals surface area (Å²) >= 11 is 0. The first kappa shape index (κ1) is 24.5. The molecule has 0 bridgehead atoms. The maximum atomic E-state index is 13.7. The number of hydrogen-bond acceptors (Lipinski definition) is 5. The molecule has 0 aliphatic rings. The topological polar surface area (TPSA) is 70.1 Å². The van der Waals surface area contributed by atoms with Crippen LogP contribution in [0, 0.1) is 0 Å². The fourth-order valence-corrected chi connectivity index (χ4v) is 3.74. The van der Waals surface area contributed by atoms with Crippen molar-refractivity contribution in [2.24, 2.45) is 0 Å². The molecule has 0 aliphatic carbocycles. The summed E-state index contributed by atoms with van der Waals surface area (Å²) in [6, 6.07) is 14.4. The van der Waals surface area contributed by atoms with Crippen LogP contribution in [0.4, 0.5) is 30.6 Å². The summed E-state index contributed by atoms with van der Waals surface area (Å²) in [5.74, 6) is -0.271. The van der Waals surface area contributed by atoms with Gasteiger partial charge in [-0.15, -0.1) is 0 Å². The van der Waals surface area contributed by atoms with Gasteiger partial charge in [0, 0.05) is 18.5 Å². The van der Waals surface area contributed by atoms with E-state index in [9.17, 15) is 18.3 Å². The highest BCUT2D eigenvalue weighted by atomic mass is 19.4. The number of benzene rings is 2. The molecule has 0 aliphatic heterocycles. The van der Waals surface area contributed by atoms with E-state index in [1.54, 1.807) is 24.3 Å². The van der Waals surface area contributed by atoms with Gasteiger partial charge in [-0.05, 0) is 48.1 Å². The molecule has 1 atom stereocenters. The molecule has 33 heavy (non-hydrogen) atoms. The fraction of sp³-hybridized carbons (Fsp3) is 0.360. The van der Waals surface area contributed by atoms with Crippen molar-refractivity contribution in [3.8, 4) is 0 Å². The van der Waals surface area contributed by atoms with Crippen molar-refractivity contribution in [1.29, 1.82) is 0 Å². The third-order valence-corrected chi connectivity index (χ3v) is 5.39. The Morgan fingerprint density at radius 1 is 1.03 bits per heavy atom. The molecule has 3 N–H and O–H groups in total. The van der Waals surface area contributed by atoms with Gasteiger partial charge in [-0.3, -0.25) is 0 Å². The van der Waals surface area contributed by atoms with Gasteiger partial charge in [-0.25, -0.2) is 4.98 Å². The summed E-state index contributed by atoms with van der Waals surface area (Å²) in [6.45, 7) is 4.00. The minimum Gasteiger partial charge on any atom is -0.396 e. The third-order valence-electron chi connectivity index (χ3n) is 5.39. The molecule has 2 aromatic carbocycles. The highest BCUT2D eigenvalue weighted by molar-refractivity contribution is 5.59.